The molecule has 8 heteroatoms. The van der Waals surface area contributed by atoms with E-state index in [-0.39, 0.29) is 22.3 Å². The van der Waals surface area contributed by atoms with Gasteiger partial charge in [-0.15, -0.1) is 0 Å². The van der Waals surface area contributed by atoms with Crippen LogP contribution in [0, 0.1) is 5.82 Å². The topological polar surface area (TPSA) is 76.3 Å². The summed E-state index contributed by atoms with van der Waals surface area (Å²) in [4.78, 5) is 3.67. The molecule has 0 saturated carbocycles. The highest BCUT2D eigenvalue weighted by Gasteiger charge is 2.24. The van der Waals surface area contributed by atoms with Gasteiger partial charge in [-0.05, 0) is 37.3 Å². The van der Waals surface area contributed by atoms with Crippen LogP contribution in [0.5, 0.6) is 0 Å². The van der Waals surface area contributed by atoms with Gasteiger partial charge in [0.2, 0.25) is 0 Å². The summed E-state index contributed by atoms with van der Waals surface area (Å²) >= 11 is 5.81. The molecule has 1 heterocycles. The summed E-state index contributed by atoms with van der Waals surface area (Å²) in [5.74, 6) is -0.384. The Labute approximate surface area is 127 Å². The van der Waals surface area contributed by atoms with Crippen LogP contribution in [-0.2, 0) is 10.0 Å². The number of hydrogen-bond donors (Lipinski definition) is 1. The van der Waals surface area contributed by atoms with Gasteiger partial charge >= 0.3 is 0 Å². The minimum Gasteiger partial charge on any atom is -0.382 e. The fourth-order valence-electron chi connectivity index (χ4n) is 1.80. The number of pyridine rings is 1. The summed E-state index contributed by atoms with van der Waals surface area (Å²) in [6.07, 6.45) is 1.14. The monoisotopic (exact) mass is 329 g/mol. The molecule has 2 aromatic rings. The number of nitrogen functional groups attached to an aromatic ring is 1. The molecule has 2 N–H and O–H groups in total. The molecule has 0 radical (unpaired) electrons. The Morgan fingerprint density at radius 2 is 1.95 bits per heavy atom. The molecule has 0 aliphatic rings. The summed E-state index contributed by atoms with van der Waals surface area (Å²) < 4.78 is 39.3. The second-order valence-electron chi connectivity index (χ2n) is 4.18. The molecule has 2 rings (SSSR count). The van der Waals surface area contributed by atoms with Gasteiger partial charge in [0.05, 0.1) is 10.7 Å². The highest BCUT2D eigenvalue weighted by atomic mass is 35.5. The number of nitrogens with zero attached hydrogens (tertiary/aromatic N) is 2. The van der Waals surface area contributed by atoms with Gasteiger partial charge in [-0.1, -0.05) is 11.6 Å². The summed E-state index contributed by atoms with van der Waals surface area (Å²) in [6.45, 7) is 1.85. The first kappa shape index (κ1) is 15.5. The summed E-state index contributed by atoms with van der Waals surface area (Å²) in [7, 11) is -3.85. The molecule has 21 heavy (non-hydrogen) atoms. The lowest BCUT2D eigenvalue weighted by atomic mass is 10.3. The summed E-state index contributed by atoms with van der Waals surface area (Å²) in [5, 5.41) is 0.0613. The van der Waals surface area contributed by atoms with E-state index in [4.69, 9.17) is 17.3 Å². The smallest absolute Gasteiger partial charge is 0.265 e. The minimum absolute atomic E-state index is 0.0560. The van der Waals surface area contributed by atoms with Gasteiger partial charge in [0.1, 0.15) is 16.5 Å². The Balaban J connectivity index is 2.49. The first-order chi connectivity index (χ1) is 9.86. The molecule has 1 aromatic carbocycles. The average molecular weight is 330 g/mol. The number of benzene rings is 1. The lowest BCUT2D eigenvalue weighted by molar-refractivity contribution is 0.591. The van der Waals surface area contributed by atoms with Crippen LogP contribution in [0.2, 0.25) is 5.02 Å². The fraction of sp³-hybridized carbons (Fsp3) is 0.154. The van der Waals surface area contributed by atoms with Crippen molar-refractivity contribution in [1.82, 2.24) is 4.98 Å². The molecule has 0 spiro atoms. The first-order valence-electron chi connectivity index (χ1n) is 6.05. The molecular weight excluding hydrogens is 317 g/mol. The van der Waals surface area contributed by atoms with Crippen molar-refractivity contribution in [1.29, 1.82) is 0 Å². The van der Waals surface area contributed by atoms with Crippen molar-refractivity contribution in [3.8, 4) is 0 Å². The lowest BCUT2D eigenvalue weighted by Crippen LogP contribution is -2.30. The molecule has 0 aliphatic heterocycles. The van der Waals surface area contributed by atoms with E-state index in [9.17, 15) is 12.8 Å². The zero-order valence-corrected chi connectivity index (χ0v) is 12.7. The molecule has 0 atom stereocenters. The molecule has 0 amide bonds. The van der Waals surface area contributed by atoms with E-state index >= 15 is 0 Å². The summed E-state index contributed by atoms with van der Waals surface area (Å²) in [6, 6.07) is 6.42. The van der Waals surface area contributed by atoms with Gasteiger partial charge < -0.3 is 5.73 Å². The average Bonchev–Trinajstić information content (AvgIpc) is 2.44. The van der Waals surface area contributed by atoms with Crippen molar-refractivity contribution in [3.63, 3.8) is 0 Å². The summed E-state index contributed by atoms with van der Waals surface area (Å²) in [5.41, 5.74) is 5.83. The van der Waals surface area contributed by atoms with E-state index in [2.05, 4.69) is 4.98 Å². The van der Waals surface area contributed by atoms with Crippen LogP contribution < -0.4 is 10.0 Å². The van der Waals surface area contributed by atoms with E-state index in [0.29, 0.717) is 5.69 Å². The van der Waals surface area contributed by atoms with Crippen molar-refractivity contribution in [2.45, 2.75) is 11.8 Å². The lowest BCUT2D eigenvalue weighted by Gasteiger charge is -2.22. The van der Waals surface area contributed by atoms with Crippen molar-refractivity contribution in [2.24, 2.45) is 0 Å². The van der Waals surface area contributed by atoms with E-state index in [1.54, 1.807) is 6.92 Å². The maximum absolute atomic E-state index is 13.0. The molecule has 0 unspecified atom stereocenters. The van der Waals surface area contributed by atoms with Crippen LogP contribution in [0.3, 0.4) is 0 Å². The van der Waals surface area contributed by atoms with E-state index in [1.807, 2.05) is 0 Å². The normalized spacial score (nSPS) is 11.4. The van der Waals surface area contributed by atoms with Crippen LogP contribution in [0.4, 0.5) is 15.9 Å². The molecule has 1 aromatic heterocycles. The number of hydrogen-bond acceptors (Lipinski definition) is 4. The quantitative estimate of drug-likeness (QED) is 0.935. The van der Waals surface area contributed by atoms with Crippen LogP contribution in [0.25, 0.3) is 0 Å². The van der Waals surface area contributed by atoms with E-state index in [0.717, 1.165) is 10.5 Å². The van der Waals surface area contributed by atoms with Gasteiger partial charge in [-0.3, -0.25) is 4.31 Å². The number of nitrogens with two attached hydrogens (primary N) is 1. The van der Waals surface area contributed by atoms with Crippen molar-refractivity contribution >= 4 is 33.1 Å². The molecule has 0 fully saturated rings. The highest BCUT2D eigenvalue weighted by Crippen LogP contribution is 2.26. The minimum atomic E-state index is -3.85. The van der Waals surface area contributed by atoms with Crippen LogP contribution in [0.1, 0.15) is 6.92 Å². The van der Waals surface area contributed by atoms with Crippen molar-refractivity contribution in [3.05, 3.63) is 47.4 Å². The Hall–Kier alpha value is -1.86. The van der Waals surface area contributed by atoms with Crippen molar-refractivity contribution < 1.29 is 12.8 Å². The first-order valence-corrected chi connectivity index (χ1v) is 7.87. The van der Waals surface area contributed by atoms with Crippen molar-refractivity contribution in [2.75, 3.05) is 16.6 Å². The third-order valence-corrected chi connectivity index (χ3v) is 5.01. The van der Waals surface area contributed by atoms with Crippen LogP contribution in [0.15, 0.2) is 41.4 Å². The second-order valence-corrected chi connectivity index (χ2v) is 6.45. The number of aromatic nitrogens is 1. The maximum Gasteiger partial charge on any atom is 0.265 e. The number of sulfonamides is 1. The van der Waals surface area contributed by atoms with Gasteiger partial charge in [0.15, 0.2) is 0 Å². The molecule has 5 nitrogen and oxygen atoms in total. The maximum atomic E-state index is 13.0. The molecular formula is C13H13ClFN3O2S. The number of anilines is 2. The SMILES string of the molecule is CCN(c1ccc(F)cc1)S(=O)(=O)c1cnc(N)c(Cl)c1. The Bertz CT molecular complexity index is 751. The van der Waals surface area contributed by atoms with E-state index < -0.39 is 15.8 Å². The fourth-order valence-corrected chi connectivity index (χ4v) is 3.48. The molecule has 0 saturated heterocycles. The standard InChI is InChI=1S/C13H13ClFN3O2S/c1-2-18(10-5-3-9(15)4-6-10)21(19,20)11-7-12(14)13(16)17-8-11/h3-8H,2H2,1H3,(H2,16,17). The highest BCUT2D eigenvalue weighted by molar-refractivity contribution is 7.92. The van der Waals surface area contributed by atoms with E-state index in [1.165, 1.54) is 30.3 Å². The van der Waals surface area contributed by atoms with Gasteiger partial charge in [-0.2, -0.15) is 0 Å². The molecule has 0 aliphatic carbocycles. The number of halogens is 2. The Morgan fingerprint density at radius 3 is 2.48 bits per heavy atom. The second kappa shape index (κ2) is 5.87. The number of rotatable bonds is 4. The zero-order chi connectivity index (χ0) is 15.6. The zero-order valence-electron chi connectivity index (χ0n) is 11.1. The van der Waals surface area contributed by atoms with Gasteiger partial charge in [0.25, 0.3) is 10.0 Å². The molecule has 112 valence electrons. The Kier molecular flexibility index (Phi) is 4.34. The predicted octanol–water partition coefficient (Wildman–Crippen LogP) is 2.67. The molecule has 0 bridgehead atoms. The van der Waals surface area contributed by atoms with Gasteiger partial charge in [0, 0.05) is 12.7 Å². The third-order valence-electron chi connectivity index (χ3n) is 2.83. The Morgan fingerprint density at radius 1 is 1.33 bits per heavy atom. The predicted molar refractivity (Wildman–Crippen MR) is 80.3 cm³/mol. The largest absolute Gasteiger partial charge is 0.382 e. The third kappa shape index (κ3) is 3.08. The van der Waals surface area contributed by atoms with Crippen LogP contribution >= 0.6 is 11.6 Å². The van der Waals surface area contributed by atoms with Crippen LogP contribution in [-0.4, -0.2) is 19.9 Å². The van der Waals surface area contributed by atoms with Gasteiger partial charge in [-0.25, -0.2) is 17.8 Å².